The molecule has 0 unspecified atom stereocenters. The molecule has 1 heterocycles. The Balaban J connectivity index is 1.44. The monoisotopic (exact) mass is 443 g/mol. The van der Waals surface area contributed by atoms with Gasteiger partial charge in [0.1, 0.15) is 5.75 Å². The Kier molecular flexibility index (Phi) is 6.93. The summed E-state index contributed by atoms with van der Waals surface area (Å²) >= 11 is 0. The first-order valence-electron chi connectivity index (χ1n) is 11.2. The van der Waals surface area contributed by atoms with E-state index in [1.165, 1.54) is 0 Å². The largest absolute Gasteiger partial charge is 0.497 e. The van der Waals surface area contributed by atoms with Crippen LogP contribution in [0.2, 0.25) is 0 Å². The standard InChI is InChI=1S/C27H29N3O3/c1-20-9-10-22(19-25(20)28-26(31)21-7-4-3-5-8-21)27(32)30-16-6-15-29(17-18-30)23-11-13-24(33-2)14-12-23/h3-5,7-14,19H,6,15-18H2,1-2H3,(H,28,31). The van der Waals surface area contributed by atoms with Gasteiger partial charge in [-0.2, -0.15) is 0 Å². The van der Waals surface area contributed by atoms with Gasteiger partial charge in [0.15, 0.2) is 0 Å². The SMILES string of the molecule is COc1ccc(N2CCCN(C(=O)c3ccc(C)c(NC(=O)c4ccccc4)c3)CC2)cc1. The smallest absolute Gasteiger partial charge is 0.255 e. The minimum Gasteiger partial charge on any atom is -0.497 e. The van der Waals surface area contributed by atoms with Gasteiger partial charge in [-0.15, -0.1) is 0 Å². The van der Waals surface area contributed by atoms with Gasteiger partial charge in [-0.05, 0) is 67.4 Å². The molecule has 3 aromatic rings. The molecule has 0 bridgehead atoms. The number of rotatable bonds is 5. The topological polar surface area (TPSA) is 61.9 Å². The highest BCUT2D eigenvalue weighted by molar-refractivity contribution is 6.05. The van der Waals surface area contributed by atoms with Gasteiger partial charge in [0, 0.05) is 48.7 Å². The molecule has 1 aliphatic rings. The van der Waals surface area contributed by atoms with Crippen LogP contribution in [0.1, 0.15) is 32.7 Å². The molecule has 0 aromatic heterocycles. The van der Waals surface area contributed by atoms with Gasteiger partial charge in [-0.25, -0.2) is 0 Å². The predicted octanol–water partition coefficient (Wildman–Crippen LogP) is 4.61. The highest BCUT2D eigenvalue weighted by atomic mass is 16.5. The zero-order valence-corrected chi connectivity index (χ0v) is 19.1. The Hall–Kier alpha value is -3.80. The van der Waals surface area contributed by atoms with Gasteiger partial charge in [0.25, 0.3) is 11.8 Å². The molecule has 2 amide bonds. The highest BCUT2D eigenvalue weighted by Crippen LogP contribution is 2.23. The number of hydrogen-bond donors (Lipinski definition) is 1. The van der Waals surface area contributed by atoms with Crippen molar-refractivity contribution in [2.75, 3.05) is 43.5 Å². The third-order valence-corrected chi connectivity index (χ3v) is 5.99. The number of carbonyl (C=O) groups excluding carboxylic acids is 2. The minimum atomic E-state index is -0.187. The molecule has 0 spiro atoms. The lowest BCUT2D eigenvalue weighted by Crippen LogP contribution is -2.35. The summed E-state index contributed by atoms with van der Waals surface area (Å²) in [6, 6.07) is 22.6. The van der Waals surface area contributed by atoms with Crippen molar-refractivity contribution in [1.29, 1.82) is 0 Å². The van der Waals surface area contributed by atoms with Crippen molar-refractivity contribution in [1.82, 2.24) is 4.90 Å². The van der Waals surface area contributed by atoms with Crippen molar-refractivity contribution in [3.05, 3.63) is 89.5 Å². The first-order chi connectivity index (χ1) is 16.0. The molecule has 1 saturated heterocycles. The number of ether oxygens (including phenoxy) is 1. The van der Waals surface area contributed by atoms with E-state index in [1.54, 1.807) is 25.3 Å². The molecule has 0 atom stereocenters. The van der Waals surface area contributed by atoms with Crippen molar-refractivity contribution in [3.63, 3.8) is 0 Å². The van der Waals surface area contributed by atoms with Crippen LogP contribution in [0.15, 0.2) is 72.8 Å². The van der Waals surface area contributed by atoms with E-state index in [1.807, 2.05) is 54.3 Å². The number of hydrogen-bond acceptors (Lipinski definition) is 4. The number of anilines is 2. The molecule has 33 heavy (non-hydrogen) atoms. The van der Waals surface area contributed by atoms with Crippen LogP contribution in [-0.2, 0) is 0 Å². The summed E-state index contributed by atoms with van der Waals surface area (Å²) in [5.41, 5.74) is 3.87. The molecular weight excluding hydrogens is 414 g/mol. The van der Waals surface area contributed by atoms with Crippen molar-refractivity contribution in [2.45, 2.75) is 13.3 Å². The zero-order valence-electron chi connectivity index (χ0n) is 19.1. The fraction of sp³-hybridized carbons (Fsp3) is 0.259. The quantitative estimate of drug-likeness (QED) is 0.626. The predicted molar refractivity (Wildman–Crippen MR) is 131 cm³/mol. The van der Waals surface area contributed by atoms with Crippen LogP contribution in [-0.4, -0.2) is 50.0 Å². The molecule has 170 valence electrons. The summed E-state index contributed by atoms with van der Waals surface area (Å²) in [6.45, 7) is 4.92. The molecule has 6 nitrogen and oxygen atoms in total. The summed E-state index contributed by atoms with van der Waals surface area (Å²) in [7, 11) is 1.66. The van der Waals surface area contributed by atoms with Crippen molar-refractivity contribution in [3.8, 4) is 5.75 Å². The van der Waals surface area contributed by atoms with Crippen LogP contribution in [0.4, 0.5) is 11.4 Å². The van der Waals surface area contributed by atoms with E-state index in [2.05, 4.69) is 22.3 Å². The number of amides is 2. The average Bonchev–Trinajstić information content (AvgIpc) is 3.12. The van der Waals surface area contributed by atoms with Crippen LogP contribution in [0.5, 0.6) is 5.75 Å². The van der Waals surface area contributed by atoms with Gasteiger partial charge in [-0.1, -0.05) is 24.3 Å². The Labute approximate surface area is 194 Å². The molecule has 0 aliphatic carbocycles. The molecule has 0 saturated carbocycles. The van der Waals surface area contributed by atoms with Gasteiger partial charge in [0.05, 0.1) is 7.11 Å². The Morgan fingerprint density at radius 3 is 2.33 bits per heavy atom. The maximum atomic E-state index is 13.3. The van der Waals surface area contributed by atoms with E-state index in [4.69, 9.17) is 4.74 Å². The number of nitrogens with zero attached hydrogens (tertiary/aromatic N) is 2. The van der Waals surface area contributed by atoms with Crippen molar-refractivity contribution in [2.24, 2.45) is 0 Å². The van der Waals surface area contributed by atoms with Crippen LogP contribution in [0.25, 0.3) is 0 Å². The van der Waals surface area contributed by atoms with E-state index in [-0.39, 0.29) is 11.8 Å². The fourth-order valence-corrected chi connectivity index (χ4v) is 4.03. The number of methoxy groups -OCH3 is 1. The second-order valence-electron chi connectivity index (χ2n) is 8.18. The van der Waals surface area contributed by atoms with Crippen LogP contribution in [0.3, 0.4) is 0 Å². The second kappa shape index (κ2) is 10.2. The number of nitrogens with one attached hydrogen (secondary N) is 1. The van der Waals surface area contributed by atoms with E-state index < -0.39 is 0 Å². The van der Waals surface area contributed by atoms with Gasteiger partial charge >= 0.3 is 0 Å². The van der Waals surface area contributed by atoms with Gasteiger partial charge in [-0.3, -0.25) is 9.59 Å². The number of aryl methyl sites for hydroxylation is 1. The molecule has 3 aromatic carbocycles. The van der Waals surface area contributed by atoms with Crippen molar-refractivity contribution < 1.29 is 14.3 Å². The first kappa shape index (κ1) is 22.4. The Morgan fingerprint density at radius 1 is 0.848 bits per heavy atom. The molecule has 1 aliphatic heterocycles. The summed E-state index contributed by atoms with van der Waals surface area (Å²) < 4.78 is 5.25. The average molecular weight is 444 g/mol. The fourth-order valence-electron chi connectivity index (χ4n) is 4.03. The van der Waals surface area contributed by atoms with Crippen LogP contribution in [0, 0.1) is 6.92 Å². The van der Waals surface area contributed by atoms with E-state index in [9.17, 15) is 9.59 Å². The third-order valence-electron chi connectivity index (χ3n) is 5.99. The number of carbonyl (C=O) groups is 2. The van der Waals surface area contributed by atoms with Gasteiger partial charge in [0.2, 0.25) is 0 Å². The highest BCUT2D eigenvalue weighted by Gasteiger charge is 2.21. The van der Waals surface area contributed by atoms with Crippen LogP contribution >= 0.6 is 0 Å². The molecule has 4 rings (SSSR count). The summed E-state index contributed by atoms with van der Waals surface area (Å²) in [5.74, 6) is 0.634. The normalized spacial score (nSPS) is 13.9. The molecule has 6 heteroatoms. The lowest BCUT2D eigenvalue weighted by molar-refractivity contribution is 0.0766. The lowest BCUT2D eigenvalue weighted by atomic mass is 10.1. The second-order valence-corrected chi connectivity index (χ2v) is 8.18. The summed E-state index contributed by atoms with van der Waals surface area (Å²) in [5, 5.41) is 2.95. The first-order valence-corrected chi connectivity index (χ1v) is 11.2. The number of benzene rings is 3. The third kappa shape index (κ3) is 5.34. The lowest BCUT2D eigenvalue weighted by Gasteiger charge is -2.24. The molecular formula is C27H29N3O3. The molecule has 1 N–H and O–H groups in total. The van der Waals surface area contributed by atoms with Crippen molar-refractivity contribution >= 4 is 23.2 Å². The van der Waals surface area contributed by atoms with E-state index in [0.717, 1.165) is 36.5 Å². The minimum absolute atomic E-state index is 0.0122. The Bertz CT molecular complexity index is 1110. The molecule has 1 fully saturated rings. The maximum Gasteiger partial charge on any atom is 0.255 e. The van der Waals surface area contributed by atoms with E-state index in [0.29, 0.717) is 29.9 Å². The maximum absolute atomic E-state index is 13.3. The Morgan fingerprint density at radius 2 is 1.61 bits per heavy atom. The van der Waals surface area contributed by atoms with Crippen LogP contribution < -0.4 is 15.0 Å². The summed E-state index contributed by atoms with van der Waals surface area (Å²) in [4.78, 5) is 30.1. The van der Waals surface area contributed by atoms with Gasteiger partial charge < -0.3 is 19.9 Å². The molecule has 0 radical (unpaired) electrons. The summed E-state index contributed by atoms with van der Waals surface area (Å²) in [6.07, 6.45) is 0.890. The van der Waals surface area contributed by atoms with E-state index >= 15 is 0 Å². The zero-order chi connectivity index (χ0) is 23.2.